The van der Waals surface area contributed by atoms with Crippen molar-refractivity contribution in [3.63, 3.8) is 0 Å². The topological polar surface area (TPSA) is 35.2 Å². The molecule has 2 N–H and O–H groups in total. The molecule has 0 saturated heterocycles. The molecule has 104 valence electrons. The van der Waals surface area contributed by atoms with Gasteiger partial charge in [0.1, 0.15) is 12.4 Å². The largest absolute Gasteiger partial charge is 0.492 e. The van der Waals surface area contributed by atoms with E-state index in [0.29, 0.717) is 23.5 Å². The molecule has 3 unspecified atom stereocenters. The highest BCUT2D eigenvalue weighted by atomic mass is 35.5. The first-order valence-corrected chi connectivity index (χ1v) is 7.31. The first kappa shape index (κ1) is 13.5. The van der Waals surface area contributed by atoms with E-state index in [0.717, 1.165) is 12.2 Å². The van der Waals surface area contributed by atoms with Crippen LogP contribution in [0.4, 0.5) is 0 Å². The highest BCUT2D eigenvalue weighted by Gasteiger charge is 2.42. The molecule has 0 bridgehead atoms. The molecule has 2 aromatic carbocycles. The molecule has 3 rings (SSSR count). The van der Waals surface area contributed by atoms with E-state index in [-0.39, 0.29) is 6.04 Å². The fraction of sp³-hybridized carbons (Fsp3) is 0.294. The Hall–Kier alpha value is -1.51. The number of hydrogen-bond acceptors (Lipinski definition) is 2. The zero-order valence-electron chi connectivity index (χ0n) is 11.2. The lowest BCUT2D eigenvalue weighted by Gasteiger charge is -2.13. The van der Waals surface area contributed by atoms with E-state index in [2.05, 4.69) is 24.3 Å². The van der Waals surface area contributed by atoms with E-state index in [9.17, 15) is 0 Å². The minimum atomic E-state index is 0.0687. The van der Waals surface area contributed by atoms with Gasteiger partial charge < -0.3 is 10.5 Å². The molecule has 0 heterocycles. The summed E-state index contributed by atoms with van der Waals surface area (Å²) >= 11 is 5.93. The second-order valence-electron chi connectivity index (χ2n) is 5.35. The van der Waals surface area contributed by atoms with Crippen LogP contribution in [0.25, 0.3) is 0 Å². The molecule has 2 aromatic rings. The summed E-state index contributed by atoms with van der Waals surface area (Å²) in [5, 5.41) is 0.685. The van der Waals surface area contributed by atoms with Crippen molar-refractivity contribution in [2.24, 2.45) is 11.7 Å². The number of nitrogens with two attached hydrogens (primary N) is 1. The van der Waals surface area contributed by atoms with Crippen LogP contribution in [0.3, 0.4) is 0 Å². The van der Waals surface area contributed by atoms with Crippen LogP contribution in [0.1, 0.15) is 17.9 Å². The smallest absolute Gasteiger partial charge is 0.120 e. The van der Waals surface area contributed by atoms with Crippen LogP contribution < -0.4 is 10.5 Å². The maximum absolute atomic E-state index is 6.23. The van der Waals surface area contributed by atoms with Gasteiger partial charge in [-0.2, -0.15) is 0 Å². The SMILES string of the molecule is NC(COc1cccc(Cl)c1)C1CC1c1ccccc1. The van der Waals surface area contributed by atoms with Crippen molar-refractivity contribution in [1.82, 2.24) is 0 Å². The van der Waals surface area contributed by atoms with Gasteiger partial charge in [-0.25, -0.2) is 0 Å². The minimum Gasteiger partial charge on any atom is -0.492 e. The maximum Gasteiger partial charge on any atom is 0.120 e. The molecule has 0 radical (unpaired) electrons. The lowest BCUT2D eigenvalue weighted by atomic mass is 10.1. The Morgan fingerprint density at radius 1 is 1.15 bits per heavy atom. The highest BCUT2D eigenvalue weighted by molar-refractivity contribution is 6.30. The Morgan fingerprint density at radius 2 is 1.95 bits per heavy atom. The van der Waals surface area contributed by atoms with Gasteiger partial charge in [0.05, 0.1) is 0 Å². The molecule has 3 heteroatoms. The van der Waals surface area contributed by atoms with Crippen LogP contribution in [0.5, 0.6) is 5.75 Å². The first-order chi connectivity index (χ1) is 9.74. The van der Waals surface area contributed by atoms with E-state index in [1.54, 1.807) is 0 Å². The van der Waals surface area contributed by atoms with Crippen molar-refractivity contribution in [2.75, 3.05) is 6.61 Å². The minimum absolute atomic E-state index is 0.0687. The number of ether oxygens (including phenoxy) is 1. The zero-order valence-corrected chi connectivity index (χ0v) is 12.0. The molecular formula is C17H18ClNO. The fourth-order valence-electron chi connectivity index (χ4n) is 2.64. The molecule has 0 aromatic heterocycles. The summed E-state index contributed by atoms with van der Waals surface area (Å²) in [5.74, 6) is 1.90. The molecule has 0 amide bonds. The molecular weight excluding hydrogens is 270 g/mol. The van der Waals surface area contributed by atoms with Gasteiger partial charge in [0.2, 0.25) is 0 Å². The Balaban J connectivity index is 1.53. The van der Waals surface area contributed by atoms with Crippen LogP contribution in [-0.2, 0) is 0 Å². The predicted octanol–water partition coefficient (Wildman–Crippen LogP) is 3.85. The first-order valence-electron chi connectivity index (χ1n) is 6.93. The van der Waals surface area contributed by atoms with Gasteiger partial charge in [-0.05, 0) is 42.0 Å². The van der Waals surface area contributed by atoms with Crippen molar-refractivity contribution in [1.29, 1.82) is 0 Å². The van der Waals surface area contributed by atoms with Gasteiger partial charge in [0, 0.05) is 11.1 Å². The third-order valence-corrected chi connectivity index (χ3v) is 4.09. The molecule has 1 fully saturated rings. The van der Waals surface area contributed by atoms with Gasteiger partial charge >= 0.3 is 0 Å². The van der Waals surface area contributed by atoms with Gasteiger partial charge in [-0.3, -0.25) is 0 Å². The second-order valence-corrected chi connectivity index (χ2v) is 5.79. The molecule has 2 nitrogen and oxygen atoms in total. The van der Waals surface area contributed by atoms with Crippen molar-refractivity contribution >= 4 is 11.6 Å². The van der Waals surface area contributed by atoms with Crippen LogP contribution in [0, 0.1) is 5.92 Å². The molecule has 1 aliphatic rings. The third kappa shape index (κ3) is 3.14. The maximum atomic E-state index is 6.23. The lowest BCUT2D eigenvalue weighted by Crippen LogP contribution is -2.30. The molecule has 0 spiro atoms. The summed E-state index contributed by atoms with van der Waals surface area (Å²) in [7, 11) is 0. The molecule has 3 atom stereocenters. The van der Waals surface area contributed by atoms with E-state index >= 15 is 0 Å². The van der Waals surface area contributed by atoms with Crippen molar-refractivity contribution in [2.45, 2.75) is 18.4 Å². The Bertz CT molecular complexity index is 572. The van der Waals surface area contributed by atoms with E-state index < -0.39 is 0 Å². The van der Waals surface area contributed by atoms with Gasteiger partial charge in [0.15, 0.2) is 0 Å². The molecule has 0 aliphatic heterocycles. The van der Waals surface area contributed by atoms with Gasteiger partial charge in [0.25, 0.3) is 0 Å². The van der Waals surface area contributed by atoms with Crippen molar-refractivity contribution < 1.29 is 4.74 Å². The summed E-state index contributed by atoms with van der Waals surface area (Å²) < 4.78 is 5.72. The van der Waals surface area contributed by atoms with E-state index in [1.807, 2.05) is 30.3 Å². The van der Waals surface area contributed by atoms with Gasteiger partial charge in [-0.1, -0.05) is 48.0 Å². The van der Waals surface area contributed by atoms with Crippen LogP contribution >= 0.6 is 11.6 Å². The Morgan fingerprint density at radius 3 is 2.70 bits per heavy atom. The Kier molecular flexibility index (Phi) is 3.95. The van der Waals surface area contributed by atoms with Crippen LogP contribution in [0.15, 0.2) is 54.6 Å². The van der Waals surface area contributed by atoms with E-state index in [1.165, 1.54) is 5.56 Å². The Labute approximate surface area is 124 Å². The fourth-order valence-corrected chi connectivity index (χ4v) is 2.82. The molecule has 20 heavy (non-hydrogen) atoms. The zero-order chi connectivity index (χ0) is 13.9. The van der Waals surface area contributed by atoms with E-state index in [4.69, 9.17) is 22.1 Å². The number of hydrogen-bond donors (Lipinski definition) is 1. The highest BCUT2D eigenvalue weighted by Crippen LogP contribution is 2.48. The van der Waals surface area contributed by atoms with Crippen molar-refractivity contribution in [3.05, 3.63) is 65.2 Å². The monoisotopic (exact) mass is 287 g/mol. The van der Waals surface area contributed by atoms with Gasteiger partial charge in [-0.15, -0.1) is 0 Å². The molecule has 1 aliphatic carbocycles. The number of halogens is 1. The number of benzene rings is 2. The summed E-state index contributed by atoms with van der Waals surface area (Å²) in [6, 6.07) is 18.1. The summed E-state index contributed by atoms with van der Waals surface area (Å²) in [4.78, 5) is 0. The summed E-state index contributed by atoms with van der Waals surface area (Å²) in [6.07, 6.45) is 1.16. The number of rotatable bonds is 5. The second kappa shape index (κ2) is 5.86. The van der Waals surface area contributed by atoms with Crippen molar-refractivity contribution in [3.8, 4) is 5.75 Å². The summed E-state index contributed by atoms with van der Waals surface area (Å²) in [5.41, 5.74) is 7.62. The predicted molar refractivity (Wildman–Crippen MR) is 82.2 cm³/mol. The third-order valence-electron chi connectivity index (χ3n) is 3.86. The summed E-state index contributed by atoms with van der Waals surface area (Å²) in [6.45, 7) is 0.536. The van der Waals surface area contributed by atoms with Crippen LogP contribution in [-0.4, -0.2) is 12.6 Å². The standard InChI is InChI=1S/C17H18ClNO/c18-13-7-4-8-14(9-13)20-11-17(19)16-10-15(16)12-5-2-1-3-6-12/h1-9,15-17H,10-11,19H2. The molecule has 1 saturated carbocycles. The normalized spacial score (nSPS) is 22.3. The lowest BCUT2D eigenvalue weighted by molar-refractivity contribution is 0.274. The quantitative estimate of drug-likeness (QED) is 0.906. The average molecular weight is 288 g/mol. The van der Waals surface area contributed by atoms with Crippen LogP contribution in [0.2, 0.25) is 5.02 Å². The average Bonchev–Trinajstić information content (AvgIpc) is 3.26.